The minimum Gasteiger partial charge on any atom is -0.356 e. The summed E-state index contributed by atoms with van der Waals surface area (Å²) in [7, 11) is 0. The lowest BCUT2D eigenvalue weighted by atomic mass is 9.95. The summed E-state index contributed by atoms with van der Waals surface area (Å²) >= 11 is 0. The average molecular weight is 520 g/mol. The number of halogens is 6. The van der Waals surface area contributed by atoms with E-state index in [0.717, 1.165) is 0 Å². The summed E-state index contributed by atoms with van der Waals surface area (Å²) < 4.78 is 77.3. The normalized spacial score (nSPS) is 18.0. The van der Waals surface area contributed by atoms with Gasteiger partial charge in [0.25, 0.3) is 0 Å². The highest BCUT2D eigenvalue weighted by atomic mass is 19.4. The van der Waals surface area contributed by atoms with E-state index in [1.807, 2.05) is 5.32 Å². The zero-order valence-electron chi connectivity index (χ0n) is 18.8. The molecule has 1 rings (SSSR count). The van der Waals surface area contributed by atoms with Gasteiger partial charge in [0, 0.05) is 12.5 Å². The number of carbonyl (C=O) groups is 5. The van der Waals surface area contributed by atoms with E-state index in [9.17, 15) is 50.3 Å². The van der Waals surface area contributed by atoms with Gasteiger partial charge in [-0.15, -0.1) is 13.2 Å². The maximum absolute atomic E-state index is 12.8. The van der Waals surface area contributed by atoms with Crippen molar-refractivity contribution in [1.29, 1.82) is 0 Å². The van der Waals surface area contributed by atoms with Gasteiger partial charge in [-0.1, -0.05) is 13.8 Å². The Hall–Kier alpha value is -2.91. The molecular weight excluding hydrogens is 494 g/mol. The molecule has 1 heterocycles. The second-order valence-corrected chi connectivity index (χ2v) is 8.23. The molecule has 35 heavy (non-hydrogen) atoms. The number of hydrogen-bond acceptors (Lipinski definition) is 6. The summed E-state index contributed by atoms with van der Waals surface area (Å²) in [6, 6.07) is -3.13. The van der Waals surface area contributed by atoms with Gasteiger partial charge in [0.05, 0.1) is 6.04 Å². The lowest BCUT2D eigenvalue weighted by molar-refractivity contribution is -0.321. The quantitative estimate of drug-likeness (QED) is 0.228. The van der Waals surface area contributed by atoms with Gasteiger partial charge in [0.15, 0.2) is 5.78 Å². The largest absolute Gasteiger partial charge is 0.522 e. The summed E-state index contributed by atoms with van der Waals surface area (Å²) in [5.41, 5.74) is 0. The highest BCUT2D eigenvalue weighted by Crippen LogP contribution is 2.20. The molecule has 4 N–H and O–H groups in total. The Kier molecular flexibility index (Phi) is 10.9. The standard InChI is InChI=1S/C19H26F6N4O6/c1-9(2)5-12(29-17(34)16(33)27-8-18(20,21)22)15(32)28-11(6-10-3-4-26-14(10)31)13(30)7-35-19(23,24)25/h9-12H,3-8H2,1-2H3,(H,26,31)(H,27,33)(H,28,32)(H,29,34)/t10-,11-,12-/m0/s1. The van der Waals surface area contributed by atoms with Crippen LogP contribution in [0.3, 0.4) is 0 Å². The Morgan fingerprint density at radius 2 is 1.66 bits per heavy atom. The SMILES string of the molecule is CC(C)C[C@H](NC(=O)C(=O)NCC(F)(F)F)C(=O)N[C@@H](C[C@@H]1CCNC1=O)C(=O)COC(F)(F)F. The first-order valence-electron chi connectivity index (χ1n) is 10.5. The fraction of sp³-hybridized carbons (Fsp3) is 0.737. The smallest absolute Gasteiger partial charge is 0.356 e. The molecule has 0 unspecified atom stereocenters. The van der Waals surface area contributed by atoms with Crippen molar-refractivity contribution < 1.29 is 55.1 Å². The van der Waals surface area contributed by atoms with E-state index < -0.39 is 73.1 Å². The van der Waals surface area contributed by atoms with Crippen LogP contribution in [0.5, 0.6) is 0 Å². The van der Waals surface area contributed by atoms with Crippen LogP contribution in [0.1, 0.15) is 33.1 Å². The number of ketones is 1. The summed E-state index contributed by atoms with van der Waals surface area (Å²) in [6.07, 6.45) is -10.2. The fourth-order valence-electron chi connectivity index (χ4n) is 3.14. The molecule has 1 aliphatic rings. The summed E-state index contributed by atoms with van der Waals surface area (Å²) in [5.74, 6) is -7.07. The molecular formula is C19H26F6N4O6. The van der Waals surface area contributed by atoms with Crippen LogP contribution < -0.4 is 21.3 Å². The van der Waals surface area contributed by atoms with Crippen LogP contribution in [-0.2, 0) is 28.7 Å². The molecule has 1 saturated heterocycles. The first-order valence-corrected chi connectivity index (χ1v) is 10.5. The average Bonchev–Trinajstić information content (AvgIpc) is 3.12. The molecule has 0 aromatic heterocycles. The van der Waals surface area contributed by atoms with E-state index in [2.05, 4.69) is 15.4 Å². The van der Waals surface area contributed by atoms with Crippen LogP contribution in [0.4, 0.5) is 26.3 Å². The van der Waals surface area contributed by atoms with Crippen molar-refractivity contribution in [2.24, 2.45) is 11.8 Å². The maximum Gasteiger partial charge on any atom is 0.522 e. The number of ether oxygens (including phenoxy) is 1. The van der Waals surface area contributed by atoms with Gasteiger partial charge >= 0.3 is 24.4 Å². The minimum atomic E-state index is -5.13. The first kappa shape index (κ1) is 30.1. The van der Waals surface area contributed by atoms with E-state index in [1.54, 1.807) is 13.8 Å². The molecule has 1 aliphatic heterocycles. The van der Waals surface area contributed by atoms with Crippen LogP contribution >= 0.6 is 0 Å². The highest BCUT2D eigenvalue weighted by molar-refractivity contribution is 6.35. The van der Waals surface area contributed by atoms with Gasteiger partial charge in [0.2, 0.25) is 11.8 Å². The summed E-state index contributed by atoms with van der Waals surface area (Å²) in [6.45, 7) is 0.234. The van der Waals surface area contributed by atoms with Gasteiger partial charge < -0.3 is 21.3 Å². The Balaban J connectivity index is 2.95. The Morgan fingerprint density at radius 1 is 1.03 bits per heavy atom. The van der Waals surface area contributed by atoms with Crippen molar-refractivity contribution in [2.45, 2.75) is 57.7 Å². The lowest BCUT2D eigenvalue weighted by Crippen LogP contribution is -2.55. The predicted molar refractivity (Wildman–Crippen MR) is 105 cm³/mol. The number of carbonyl (C=O) groups excluding carboxylic acids is 5. The van der Waals surface area contributed by atoms with Crippen molar-refractivity contribution >= 4 is 29.4 Å². The van der Waals surface area contributed by atoms with Gasteiger partial charge in [-0.25, -0.2) is 0 Å². The second kappa shape index (κ2) is 12.7. The van der Waals surface area contributed by atoms with Crippen molar-refractivity contribution in [1.82, 2.24) is 21.3 Å². The maximum atomic E-state index is 12.8. The number of nitrogens with one attached hydrogen (secondary N) is 4. The van der Waals surface area contributed by atoms with Crippen molar-refractivity contribution in [3.05, 3.63) is 0 Å². The van der Waals surface area contributed by atoms with Gasteiger partial charge in [0.1, 0.15) is 19.2 Å². The van der Waals surface area contributed by atoms with E-state index in [0.29, 0.717) is 0 Å². The van der Waals surface area contributed by atoms with Crippen LogP contribution in [-0.4, -0.2) is 73.7 Å². The molecule has 16 heteroatoms. The zero-order valence-corrected chi connectivity index (χ0v) is 18.8. The number of amides is 4. The van der Waals surface area contributed by atoms with Crippen molar-refractivity contribution in [2.75, 3.05) is 19.7 Å². The fourth-order valence-corrected chi connectivity index (χ4v) is 3.14. The molecule has 10 nitrogen and oxygen atoms in total. The molecule has 3 atom stereocenters. The third-order valence-corrected chi connectivity index (χ3v) is 4.75. The molecule has 1 fully saturated rings. The Labute approximate surface area is 195 Å². The third kappa shape index (κ3) is 11.9. The molecule has 0 saturated carbocycles. The van der Waals surface area contributed by atoms with Crippen molar-refractivity contribution in [3.8, 4) is 0 Å². The highest BCUT2D eigenvalue weighted by Gasteiger charge is 2.36. The molecule has 0 aromatic carbocycles. The van der Waals surface area contributed by atoms with Gasteiger partial charge in [-0.05, 0) is 25.2 Å². The molecule has 0 aromatic rings. The monoisotopic (exact) mass is 520 g/mol. The summed E-state index contributed by atoms with van der Waals surface area (Å²) in [5, 5.41) is 7.93. The van der Waals surface area contributed by atoms with E-state index >= 15 is 0 Å². The lowest BCUT2D eigenvalue weighted by Gasteiger charge is -2.25. The second-order valence-electron chi connectivity index (χ2n) is 8.23. The molecule has 0 bridgehead atoms. The predicted octanol–water partition coefficient (Wildman–Crippen LogP) is 0.312. The molecule has 4 amide bonds. The van der Waals surface area contributed by atoms with Crippen LogP contribution in [0.15, 0.2) is 0 Å². The molecule has 0 spiro atoms. The zero-order chi connectivity index (χ0) is 27.0. The van der Waals surface area contributed by atoms with Gasteiger partial charge in [-0.3, -0.25) is 28.7 Å². The Morgan fingerprint density at radius 3 is 2.14 bits per heavy atom. The van der Waals surface area contributed by atoms with E-state index in [1.165, 1.54) is 5.32 Å². The molecule has 0 radical (unpaired) electrons. The topological polar surface area (TPSA) is 143 Å². The Bertz CT molecular complexity index is 802. The van der Waals surface area contributed by atoms with Gasteiger partial charge in [-0.2, -0.15) is 13.2 Å². The van der Waals surface area contributed by atoms with Crippen LogP contribution in [0.2, 0.25) is 0 Å². The molecule has 0 aliphatic carbocycles. The molecule has 200 valence electrons. The minimum absolute atomic E-state index is 0.131. The number of rotatable bonds is 11. The van der Waals surface area contributed by atoms with Crippen LogP contribution in [0.25, 0.3) is 0 Å². The third-order valence-electron chi connectivity index (χ3n) is 4.75. The number of alkyl halides is 6. The number of Topliss-reactive ketones (excluding diaryl/α,β-unsaturated/α-hetero) is 1. The number of hydrogen-bond donors (Lipinski definition) is 4. The van der Waals surface area contributed by atoms with Crippen LogP contribution in [0, 0.1) is 11.8 Å². The first-order chi connectivity index (χ1) is 16.0. The summed E-state index contributed by atoms with van der Waals surface area (Å²) in [4.78, 5) is 60.6. The van der Waals surface area contributed by atoms with E-state index in [4.69, 9.17) is 0 Å². The van der Waals surface area contributed by atoms with E-state index in [-0.39, 0.29) is 31.7 Å². The van der Waals surface area contributed by atoms with Crippen molar-refractivity contribution in [3.63, 3.8) is 0 Å².